The van der Waals surface area contributed by atoms with Gasteiger partial charge in [-0.15, -0.1) is 11.3 Å². The number of rotatable bonds is 6. The molecule has 1 aromatic rings. The Bertz CT molecular complexity index is 505. The summed E-state index contributed by atoms with van der Waals surface area (Å²) in [6.45, 7) is 6.79. The van der Waals surface area contributed by atoms with E-state index in [1.165, 1.54) is 4.88 Å². The van der Waals surface area contributed by atoms with Crippen LogP contribution < -0.4 is 16.0 Å². The van der Waals surface area contributed by atoms with Crippen LogP contribution in [0.25, 0.3) is 0 Å². The number of hydrogen-bond acceptors (Lipinski definition) is 4. The van der Waals surface area contributed by atoms with Crippen molar-refractivity contribution in [2.75, 3.05) is 34.2 Å². The molecule has 1 rings (SSSR count). The highest BCUT2D eigenvalue weighted by atomic mass is 32.1. The van der Waals surface area contributed by atoms with Crippen molar-refractivity contribution in [3.63, 3.8) is 0 Å². The second-order valence-corrected chi connectivity index (χ2v) is 7.58. The van der Waals surface area contributed by atoms with Crippen LogP contribution in [0, 0.1) is 0 Å². The summed E-state index contributed by atoms with van der Waals surface area (Å²) in [5.74, 6) is 0.570. The molecule has 3 N–H and O–H groups in total. The molecule has 6 nitrogen and oxygen atoms in total. The maximum absolute atomic E-state index is 11.8. The number of amides is 1. The average molecular weight is 340 g/mol. The maximum atomic E-state index is 11.8. The minimum atomic E-state index is -0.231. The normalized spacial score (nSPS) is 13.8. The van der Waals surface area contributed by atoms with Gasteiger partial charge >= 0.3 is 0 Å². The van der Waals surface area contributed by atoms with E-state index in [9.17, 15) is 4.79 Å². The summed E-state index contributed by atoms with van der Waals surface area (Å²) in [5.41, 5.74) is -0.231. The molecular weight excluding hydrogens is 310 g/mol. The topological polar surface area (TPSA) is 68.8 Å². The largest absolute Gasteiger partial charge is 0.354 e. The van der Waals surface area contributed by atoms with Crippen LogP contribution in [0.5, 0.6) is 0 Å². The van der Waals surface area contributed by atoms with Crippen LogP contribution in [0.15, 0.2) is 22.5 Å². The molecule has 23 heavy (non-hydrogen) atoms. The van der Waals surface area contributed by atoms with Crippen LogP contribution in [0.4, 0.5) is 0 Å². The number of likely N-dealkylation sites (N-methyl/N-ethyl adjacent to an activating group) is 1. The van der Waals surface area contributed by atoms with Crippen molar-refractivity contribution in [2.24, 2.45) is 4.99 Å². The molecule has 1 amide bonds. The minimum absolute atomic E-state index is 0.0529. The molecule has 0 fully saturated rings. The first-order chi connectivity index (χ1) is 10.7. The van der Waals surface area contributed by atoms with Gasteiger partial charge in [0, 0.05) is 24.0 Å². The quantitative estimate of drug-likeness (QED) is 0.542. The second kappa shape index (κ2) is 8.88. The third kappa shape index (κ3) is 7.47. The molecule has 1 atom stereocenters. The zero-order valence-electron chi connectivity index (χ0n) is 14.9. The standard InChI is InChI=1S/C16H29N5OS/c1-16(2,3)20-14(22)11-19-15(17-4)18-10-12(21(5)6)13-8-7-9-23-13/h7-9,12H,10-11H2,1-6H3,(H,20,22)(H2,17,18,19). The van der Waals surface area contributed by atoms with Crippen molar-refractivity contribution in [3.8, 4) is 0 Å². The molecule has 1 heterocycles. The van der Waals surface area contributed by atoms with Crippen molar-refractivity contribution in [3.05, 3.63) is 22.4 Å². The summed E-state index contributed by atoms with van der Waals surface area (Å²) in [4.78, 5) is 19.5. The fraction of sp³-hybridized carbons (Fsp3) is 0.625. The monoisotopic (exact) mass is 339 g/mol. The molecule has 0 radical (unpaired) electrons. The summed E-state index contributed by atoms with van der Waals surface area (Å²) >= 11 is 1.74. The molecule has 0 aromatic carbocycles. The number of hydrogen-bond donors (Lipinski definition) is 3. The first-order valence-corrected chi connectivity index (χ1v) is 8.56. The van der Waals surface area contributed by atoms with Crippen LogP contribution >= 0.6 is 11.3 Å². The van der Waals surface area contributed by atoms with Gasteiger partial charge in [0.1, 0.15) is 0 Å². The van der Waals surface area contributed by atoms with Crippen LogP contribution in [-0.2, 0) is 4.79 Å². The van der Waals surface area contributed by atoms with Gasteiger partial charge < -0.3 is 20.9 Å². The van der Waals surface area contributed by atoms with Gasteiger partial charge in [0.2, 0.25) is 5.91 Å². The molecule has 0 aliphatic carbocycles. The van der Waals surface area contributed by atoms with Gasteiger partial charge in [-0.1, -0.05) is 6.07 Å². The lowest BCUT2D eigenvalue weighted by Gasteiger charge is -2.25. The Labute approximate surface area is 143 Å². The van der Waals surface area contributed by atoms with Crippen LogP contribution in [0.1, 0.15) is 31.7 Å². The van der Waals surface area contributed by atoms with E-state index in [1.807, 2.05) is 20.8 Å². The van der Waals surface area contributed by atoms with E-state index in [1.54, 1.807) is 18.4 Å². The third-order valence-corrected chi connectivity index (χ3v) is 4.09. The Kier molecular flexibility index (Phi) is 7.51. The van der Waals surface area contributed by atoms with E-state index in [4.69, 9.17) is 0 Å². The van der Waals surface area contributed by atoms with E-state index in [2.05, 4.69) is 57.5 Å². The van der Waals surface area contributed by atoms with Crippen molar-refractivity contribution in [1.29, 1.82) is 0 Å². The molecule has 7 heteroatoms. The van der Waals surface area contributed by atoms with Crippen molar-refractivity contribution in [1.82, 2.24) is 20.9 Å². The predicted octanol–water partition coefficient (Wildman–Crippen LogP) is 1.43. The average Bonchev–Trinajstić information content (AvgIpc) is 2.94. The summed E-state index contributed by atoms with van der Waals surface area (Å²) in [7, 11) is 5.81. The lowest BCUT2D eigenvalue weighted by molar-refractivity contribution is -0.121. The van der Waals surface area contributed by atoms with Crippen LogP contribution in [0.3, 0.4) is 0 Å². The molecule has 130 valence electrons. The number of guanidine groups is 1. The molecule has 0 spiro atoms. The first kappa shape index (κ1) is 19.4. The Morgan fingerprint density at radius 2 is 2.04 bits per heavy atom. The highest BCUT2D eigenvalue weighted by Crippen LogP contribution is 2.22. The number of thiophene rings is 1. The van der Waals surface area contributed by atoms with E-state index in [0.717, 1.165) is 0 Å². The third-order valence-electron chi connectivity index (χ3n) is 3.11. The van der Waals surface area contributed by atoms with E-state index in [0.29, 0.717) is 12.5 Å². The molecule has 1 aromatic heterocycles. The van der Waals surface area contributed by atoms with Gasteiger partial charge in [0.05, 0.1) is 12.6 Å². The zero-order valence-corrected chi connectivity index (χ0v) is 15.8. The van der Waals surface area contributed by atoms with E-state index in [-0.39, 0.29) is 24.0 Å². The van der Waals surface area contributed by atoms with Crippen LogP contribution in [-0.4, -0.2) is 56.5 Å². The molecule has 0 saturated heterocycles. The number of nitrogens with one attached hydrogen (secondary N) is 3. The lowest BCUT2D eigenvalue weighted by atomic mass is 10.1. The van der Waals surface area contributed by atoms with Gasteiger partial charge in [-0.05, 0) is 46.3 Å². The summed E-state index contributed by atoms with van der Waals surface area (Å²) in [5, 5.41) is 11.3. The summed E-state index contributed by atoms with van der Waals surface area (Å²) in [6.07, 6.45) is 0. The SMILES string of the molecule is CN=C(NCC(=O)NC(C)(C)C)NCC(c1cccs1)N(C)C. The van der Waals surface area contributed by atoms with Gasteiger partial charge in [-0.2, -0.15) is 0 Å². The van der Waals surface area contributed by atoms with Gasteiger partial charge in [-0.3, -0.25) is 9.79 Å². The molecule has 0 bridgehead atoms. The van der Waals surface area contributed by atoms with Crippen molar-refractivity contribution in [2.45, 2.75) is 32.4 Å². The number of carbonyl (C=O) groups is 1. The lowest BCUT2D eigenvalue weighted by Crippen LogP contribution is -2.49. The smallest absolute Gasteiger partial charge is 0.239 e. The van der Waals surface area contributed by atoms with Crippen LogP contribution in [0.2, 0.25) is 0 Å². The Morgan fingerprint density at radius 1 is 1.35 bits per heavy atom. The zero-order chi connectivity index (χ0) is 17.5. The van der Waals surface area contributed by atoms with Gasteiger partial charge in [-0.25, -0.2) is 0 Å². The van der Waals surface area contributed by atoms with E-state index < -0.39 is 0 Å². The Balaban J connectivity index is 2.49. The molecular formula is C16H29N5OS. The highest BCUT2D eigenvalue weighted by Gasteiger charge is 2.16. The highest BCUT2D eigenvalue weighted by molar-refractivity contribution is 7.10. The predicted molar refractivity (Wildman–Crippen MR) is 98.0 cm³/mol. The molecule has 0 aliphatic heterocycles. The van der Waals surface area contributed by atoms with Crippen molar-refractivity contribution < 1.29 is 4.79 Å². The van der Waals surface area contributed by atoms with Gasteiger partial charge in [0.25, 0.3) is 0 Å². The number of carbonyl (C=O) groups excluding carboxylic acids is 1. The second-order valence-electron chi connectivity index (χ2n) is 6.60. The number of nitrogens with zero attached hydrogens (tertiary/aromatic N) is 2. The van der Waals surface area contributed by atoms with E-state index >= 15 is 0 Å². The first-order valence-electron chi connectivity index (χ1n) is 7.68. The molecule has 0 aliphatic rings. The van der Waals surface area contributed by atoms with Crippen molar-refractivity contribution >= 4 is 23.2 Å². The summed E-state index contributed by atoms with van der Waals surface area (Å²) < 4.78 is 0. The maximum Gasteiger partial charge on any atom is 0.239 e. The fourth-order valence-corrected chi connectivity index (χ4v) is 2.98. The Hall–Kier alpha value is -1.60. The molecule has 1 unspecified atom stereocenters. The molecule has 0 saturated carbocycles. The minimum Gasteiger partial charge on any atom is -0.354 e. The Morgan fingerprint density at radius 3 is 2.52 bits per heavy atom. The number of aliphatic imine (C=N–C) groups is 1. The summed E-state index contributed by atoms with van der Waals surface area (Å²) in [6, 6.07) is 4.45. The van der Waals surface area contributed by atoms with Gasteiger partial charge in [0.15, 0.2) is 5.96 Å². The fourth-order valence-electron chi connectivity index (χ4n) is 2.06.